The van der Waals surface area contributed by atoms with Crippen molar-refractivity contribution in [2.75, 3.05) is 25.0 Å². The lowest BCUT2D eigenvalue weighted by molar-refractivity contribution is -0.125. The number of amides is 2. The zero-order valence-corrected chi connectivity index (χ0v) is 16.6. The fraction of sp³-hybridized carbons (Fsp3) is 0.333. The maximum atomic E-state index is 12.2. The molecule has 0 spiro atoms. The van der Waals surface area contributed by atoms with Gasteiger partial charge in [0.25, 0.3) is 0 Å². The summed E-state index contributed by atoms with van der Waals surface area (Å²) in [6.45, 7) is 5.54. The van der Waals surface area contributed by atoms with Crippen molar-refractivity contribution in [3.8, 4) is 0 Å². The summed E-state index contributed by atoms with van der Waals surface area (Å²) in [6.07, 6.45) is 0.831. The lowest BCUT2D eigenvalue weighted by atomic mass is 10.1. The van der Waals surface area contributed by atoms with Gasteiger partial charge in [-0.15, -0.1) is 0 Å². The van der Waals surface area contributed by atoms with Crippen molar-refractivity contribution in [1.82, 2.24) is 10.2 Å². The van der Waals surface area contributed by atoms with Gasteiger partial charge in [0.15, 0.2) is 0 Å². The molecule has 0 aliphatic heterocycles. The smallest absolute Gasteiger partial charge is 0.243 e. The molecular weight excluding hydrogens is 362 g/mol. The van der Waals surface area contributed by atoms with Crippen molar-refractivity contribution >= 4 is 29.1 Å². The highest BCUT2D eigenvalue weighted by molar-refractivity contribution is 6.30. The third kappa shape index (κ3) is 7.04. The van der Waals surface area contributed by atoms with Crippen LogP contribution in [0.4, 0.5) is 5.69 Å². The number of benzene rings is 2. The van der Waals surface area contributed by atoms with Crippen molar-refractivity contribution in [3.63, 3.8) is 0 Å². The van der Waals surface area contributed by atoms with Gasteiger partial charge in [-0.05, 0) is 42.3 Å². The third-order valence-electron chi connectivity index (χ3n) is 4.23. The summed E-state index contributed by atoms with van der Waals surface area (Å²) in [5.41, 5.74) is 2.90. The molecule has 0 aliphatic rings. The summed E-state index contributed by atoms with van der Waals surface area (Å²) in [4.78, 5) is 26.3. The van der Waals surface area contributed by atoms with Crippen LogP contribution < -0.4 is 10.6 Å². The molecule has 0 bridgehead atoms. The molecule has 5 nitrogen and oxygen atoms in total. The molecule has 27 heavy (non-hydrogen) atoms. The van der Waals surface area contributed by atoms with Crippen LogP contribution in [0.1, 0.15) is 25.0 Å². The van der Waals surface area contributed by atoms with Crippen LogP contribution in [0.3, 0.4) is 0 Å². The number of rotatable bonds is 9. The fourth-order valence-corrected chi connectivity index (χ4v) is 2.97. The van der Waals surface area contributed by atoms with Crippen LogP contribution in [-0.4, -0.2) is 36.3 Å². The van der Waals surface area contributed by atoms with Gasteiger partial charge in [-0.1, -0.05) is 55.8 Å². The van der Waals surface area contributed by atoms with Crippen molar-refractivity contribution in [2.45, 2.75) is 26.8 Å². The Morgan fingerprint density at radius 2 is 1.81 bits per heavy atom. The fourth-order valence-electron chi connectivity index (χ4n) is 2.76. The molecule has 0 heterocycles. The molecule has 0 saturated heterocycles. The average Bonchev–Trinajstić information content (AvgIpc) is 2.66. The van der Waals surface area contributed by atoms with Gasteiger partial charge in [-0.2, -0.15) is 0 Å². The molecule has 2 aromatic rings. The molecule has 2 rings (SSSR count). The first-order valence-electron chi connectivity index (χ1n) is 9.13. The van der Waals surface area contributed by atoms with Gasteiger partial charge < -0.3 is 10.6 Å². The predicted molar refractivity (Wildman–Crippen MR) is 110 cm³/mol. The Morgan fingerprint density at radius 3 is 2.52 bits per heavy atom. The Bertz CT molecular complexity index is 780. The Hall–Kier alpha value is -2.37. The van der Waals surface area contributed by atoms with E-state index in [2.05, 4.69) is 10.6 Å². The van der Waals surface area contributed by atoms with Crippen molar-refractivity contribution < 1.29 is 9.59 Å². The second-order valence-electron chi connectivity index (χ2n) is 6.27. The van der Waals surface area contributed by atoms with Crippen LogP contribution in [0, 0.1) is 0 Å². The number of likely N-dealkylation sites (N-methyl/N-ethyl adjacent to an activating group) is 1. The van der Waals surface area contributed by atoms with Crippen LogP contribution in [0.5, 0.6) is 0 Å². The van der Waals surface area contributed by atoms with E-state index >= 15 is 0 Å². The minimum atomic E-state index is -0.234. The van der Waals surface area contributed by atoms with Crippen LogP contribution in [0.2, 0.25) is 5.02 Å². The number of carbonyl (C=O) groups excluding carboxylic acids is 2. The number of carbonyl (C=O) groups is 2. The monoisotopic (exact) mass is 387 g/mol. The third-order valence-corrected chi connectivity index (χ3v) is 4.46. The van der Waals surface area contributed by atoms with Gasteiger partial charge in [-0.25, -0.2) is 0 Å². The number of hydrogen-bond acceptors (Lipinski definition) is 3. The normalized spacial score (nSPS) is 10.7. The lowest BCUT2D eigenvalue weighted by Crippen LogP contribution is -2.40. The summed E-state index contributed by atoms with van der Waals surface area (Å²) in [5, 5.41) is 6.21. The molecule has 2 N–H and O–H groups in total. The number of para-hydroxylation sites is 1. The number of hydrogen-bond donors (Lipinski definition) is 2. The van der Waals surface area contributed by atoms with Gasteiger partial charge >= 0.3 is 0 Å². The minimum Gasteiger partial charge on any atom is -0.346 e. The van der Waals surface area contributed by atoms with E-state index in [4.69, 9.17) is 11.6 Å². The van der Waals surface area contributed by atoms with E-state index < -0.39 is 0 Å². The van der Waals surface area contributed by atoms with Crippen molar-refractivity contribution in [3.05, 3.63) is 64.7 Å². The molecule has 0 aliphatic carbocycles. The summed E-state index contributed by atoms with van der Waals surface area (Å²) >= 11 is 6.01. The molecule has 6 heteroatoms. The highest BCUT2D eigenvalue weighted by Crippen LogP contribution is 2.15. The maximum absolute atomic E-state index is 12.2. The van der Waals surface area contributed by atoms with Gasteiger partial charge in [0.2, 0.25) is 11.8 Å². The first-order valence-corrected chi connectivity index (χ1v) is 9.50. The van der Waals surface area contributed by atoms with E-state index in [1.807, 2.05) is 67.3 Å². The van der Waals surface area contributed by atoms with Crippen LogP contribution in [-0.2, 0) is 22.6 Å². The van der Waals surface area contributed by atoms with Crippen LogP contribution in [0.25, 0.3) is 0 Å². The van der Waals surface area contributed by atoms with Crippen LogP contribution in [0.15, 0.2) is 48.5 Å². The topological polar surface area (TPSA) is 61.4 Å². The molecule has 0 aromatic heterocycles. The minimum absolute atomic E-state index is 0.0500. The predicted octanol–water partition coefficient (Wildman–Crippen LogP) is 3.48. The number of anilines is 1. The lowest BCUT2D eigenvalue weighted by Gasteiger charge is -2.20. The zero-order chi connectivity index (χ0) is 19.6. The van der Waals surface area contributed by atoms with E-state index in [1.54, 1.807) is 0 Å². The molecule has 0 fully saturated rings. The van der Waals surface area contributed by atoms with E-state index in [0.717, 1.165) is 29.8 Å². The first kappa shape index (κ1) is 20.9. The van der Waals surface area contributed by atoms with Crippen molar-refractivity contribution in [2.24, 2.45) is 0 Å². The largest absolute Gasteiger partial charge is 0.346 e. The van der Waals surface area contributed by atoms with Crippen LogP contribution >= 0.6 is 11.6 Å². The number of aryl methyl sites for hydroxylation is 1. The molecule has 2 aromatic carbocycles. The zero-order valence-electron chi connectivity index (χ0n) is 15.8. The van der Waals surface area contributed by atoms with E-state index in [0.29, 0.717) is 11.6 Å². The van der Waals surface area contributed by atoms with E-state index in [9.17, 15) is 9.59 Å². The van der Waals surface area contributed by atoms with Gasteiger partial charge in [0.1, 0.15) is 0 Å². The number of nitrogens with zero attached hydrogens (tertiary/aromatic N) is 1. The first-order chi connectivity index (χ1) is 13.0. The average molecular weight is 388 g/mol. The summed E-state index contributed by atoms with van der Waals surface area (Å²) in [5.74, 6) is -0.417. The quantitative estimate of drug-likeness (QED) is 0.692. The molecule has 0 radical (unpaired) electrons. The van der Waals surface area contributed by atoms with Gasteiger partial charge in [0.05, 0.1) is 13.1 Å². The molecule has 2 amide bonds. The second kappa shape index (κ2) is 10.7. The van der Waals surface area contributed by atoms with Crippen molar-refractivity contribution in [1.29, 1.82) is 0 Å². The Morgan fingerprint density at radius 1 is 1.04 bits per heavy atom. The Kier molecular flexibility index (Phi) is 8.30. The maximum Gasteiger partial charge on any atom is 0.243 e. The molecule has 0 atom stereocenters. The highest BCUT2D eigenvalue weighted by Gasteiger charge is 2.12. The van der Waals surface area contributed by atoms with Gasteiger partial charge in [0, 0.05) is 17.3 Å². The molecule has 144 valence electrons. The SMILES string of the molecule is CCc1ccccc1NC(=O)CNC(=O)CN(CC)Cc1cccc(Cl)c1. The highest BCUT2D eigenvalue weighted by atomic mass is 35.5. The van der Waals surface area contributed by atoms with E-state index in [1.165, 1.54) is 0 Å². The van der Waals surface area contributed by atoms with E-state index in [-0.39, 0.29) is 24.9 Å². The number of nitrogens with one attached hydrogen (secondary N) is 2. The Labute approximate surface area is 165 Å². The molecule has 0 saturated carbocycles. The molecule has 0 unspecified atom stereocenters. The Balaban J connectivity index is 1.81. The van der Waals surface area contributed by atoms with Gasteiger partial charge in [-0.3, -0.25) is 14.5 Å². The summed E-state index contributed by atoms with van der Waals surface area (Å²) in [6, 6.07) is 15.2. The second-order valence-corrected chi connectivity index (χ2v) is 6.71. The molecular formula is C21H26ClN3O2. The standard InChI is InChI=1S/C21H26ClN3O2/c1-3-17-9-5-6-11-19(17)24-20(26)13-23-21(27)15-25(4-2)14-16-8-7-10-18(22)12-16/h5-12H,3-4,13-15H2,1-2H3,(H,23,27)(H,24,26). The summed E-state index contributed by atoms with van der Waals surface area (Å²) < 4.78 is 0. The number of halogens is 1. The summed E-state index contributed by atoms with van der Waals surface area (Å²) in [7, 11) is 0.